The van der Waals surface area contributed by atoms with Crippen LogP contribution in [0.1, 0.15) is 48.9 Å². The zero-order chi connectivity index (χ0) is 19.2. The van der Waals surface area contributed by atoms with Gasteiger partial charge >= 0.3 is 0 Å². The molecule has 4 heterocycles. The van der Waals surface area contributed by atoms with E-state index in [1.54, 1.807) is 6.33 Å². The third kappa shape index (κ3) is 3.15. The molecular weight excluding hydrogens is 364 g/mol. The fraction of sp³-hybridized carbons (Fsp3) is 0.478. The Morgan fingerprint density at radius 2 is 1.90 bits per heavy atom. The first-order chi connectivity index (χ1) is 14.4. The minimum atomic E-state index is 0.167. The van der Waals surface area contributed by atoms with Crippen molar-refractivity contribution in [3.05, 3.63) is 47.9 Å². The molecule has 29 heavy (non-hydrogen) atoms. The van der Waals surface area contributed by atoms with Crippen LogP contribution >= 0.6 is 0 Å². The van der Waals surface area contributed by atoms with Crippen LogP contribution in [-0.4, -0.2) is 34.8 Å². The second kappa shape index (κ2) is 7.02. The lowest BCUT2D eigenvalue weighted by atomic mass is 9.77. The summed E-state index contributed by atoms with van der Waals surface area (Å²) in [5.41, 5.74) is 3.43. The van der Waals surface area contributed by atoms with Gasteiger partial charge in [0.05, 0.1) is 18.0 Å². The average molecular weight is 390 g/mol. The lowest BCUT2D eigenvalue weighted by Crippen LogP contribution is -2.38. The van der Waals surface area contributed by atoms with Crippen LogP contribution in [0.3, 0.4) is 0 Å². The van der Waals surface area contributed by atoms with E-state index in [-0.39, 0.29) is 6.04 Å². The molecule has 1 aliphatic carbocycles. The zero-order valence-corrected chi connectivity index (χ0v) is 16.4. The van der Waals surface area contributed by atoms with Gasteiger partial charge in [0.1, 0.15) is 23.5 Å². The van der Waals surface area contributed by atoms with Crippen LogP contribution in [0.2, 0.25) is 0 Å². The van der Waals surface area contributed by atoms with Crippen LogP contribution in [0.15, 0.2) is 36.7 Å². The molecule has 6 rings (SSSR count). The molecule has 6 heteroatoms. The van der Waals surface area contributed by atoms with Crippen LogP contribution in [0.4, 0.5) is 5.82 Å². The third-order valence-electron chi connectivity index (χ3n) is 6.74. The normalized spacial score (nSPS) is 24.8. The molecule has 0 bridgehead atoms. The number of benzene rings is 1. The fourth-order valence-electron chi connectivity index (χ4n) is 4.96. The van der Waals surface area contributed by atoms with Crippen LogP contribution < -0.4 is 10.1 Å². The van der Waals surface area contributed by atoms with Gasteiger partial charge in [0, 0.05) is 30.4 Å². The zero-order valence-electron chi connectivity index (χ0n) is 16.4. The first-order valence-corrected chi connectivity index (χ1v) is 10.8. The molecular formula is C23H26N4O2. The molecule has 3 aliphatic rings. The topological polar surface area (TPSA) is 72.1 Å². The maximum atomic E-state index is 6.17. The van der Waals surface area contributed by atoms with Crippen LogP contribution in [-0.2, 0) is 4.74 Å². The summed E-state index contributed by atoms with van der Waals surface area (Å²) in [5, 5.41) is 4.90. The van der Waals surface area contributed by atoms with Gasteiger partial charge in [-0.15, -0.1) is 0 Å². The Kier molecular flexibility index (Phi) is 4.18. The number of aromatic nitrogens is 3. The van der Waals surface area contributed by atoms with Crippen LogP contribution in [0, 0.1) is 11.8 Å². The summed E-state index contributed by atoms with van der Waals surface area (Å²) in [4.78, 5) is 12.6. The standard InChI is InChI=1S/C23H26N4O2/c1-2-4-20-16(3-1)21(18(12-29-20)14-7-9-28-10-8-14)27-23-17-11-19(15-5-6-15)26-22(17)24-13-25-23/h1-4,11,13-15,18,21H,5-10,12H2,(H2,24,25,26,27)/t18-,21-/m1/s1. The summed E-state index contributed by atoms with van der Waals surface area (Å²) in [5.74, 6) is 3.53. The van der Waals surface area contributed by atoms with Gasteiger partial charge in [0.2, 0.25) is 0 Å². The summed E-state index contributed by atoms with van der Waals surface area (Å²) in [6, 6.07) is 10.8. The van der Waals surface area contributed by atoms with Gasteiger partial charge in [-0.1, -0.05) is 18.2 Å². The van der Waals surface area contributed by atoms with E-state index >= 15 is 0 Å². The highest BCUT2D eigenvalue weighted by molar-refractivity contribution is 5.88. The summed E-state index contributed by atoms with van der Waals surface area (Å²) in [6.45, 7) is 2.42. The van der Waals surface area contributed by atoms with Gasteiger partial charge in [-0.2, -0.15) is 0 Å². The minimum Gasteiger partial charge on any atom is -0.493 e. The number of H-pyrrole nitrogens is 1. The van der Waals surface area contributed by atoms with Gasteiger partial charge in [0.25, 0.3) is 0 Å². The van der Waals surface area contributed by atoms with Crippen molar-refractivity contribution in [2.24, 2.45) is 11.8 Å². The summed E-state index contributed by atoms with van der Waals surface area (Å²) >= 11 is 0. The number of rotatable bonds is 4. The Bertz CT molecular complexity index is 1020. The van der Waals surface area contributed by atoms with Crippen molar-refractivity contribution >= 4 is 16.9 Å². The molecule has 1 saturated heterocycles. The Labute approximate surface area is 170 Å². The maximum Gasteiger partial charge on any atom is 0.143 e. The largest absolute Gasteiger partial charge is 0.493 e. The van der Waals surface area contributed by atoms with Gasteiger partial charge in [0.15, 0.2) is 0 Å². The Morgan fingerprint density at radius 3 is 2.76 bits per heavy atom. The average Bonchev–Trinajstić information content (AvgIpc) is 3.53. The van der Waals surface area contributed by atoms with E-state index in [1.165, 1.54) is 24.1 Å². The van der Waals surface area contributed by atoms with Crippen molar-refractivity contribution in [2.45, 2.75) is 37.6 Å². The molecule has 2 aromatic heterocycles. The molecule has 2 aliphatic heterocycles. The van der Waals surface area contributed by atoms with E-state index in [0.717, 1.165) is 55.3 Å². The van der Waals surface area contributed by atoms with Gasteiger partial charge in [-0.3, -0.25) is 0 Å². The van der Waals surface area contributed by atoms with E-state index in [9.17, 15) is 0 Å². The number of hydrogen-bond donors (Lipinski definition) is 2. The fourth-order valence-corrected chi connectivity index (χ4v) is 4.96. The first kappa shape index (κ1) is 17.3. The molecule has 2 N–H and O–H groups in total. The second-order valence-electron chi connectivity index (χ2n) is 8.57. The first-order valence-electron chi connectivity index (χ1n) is 10.8. The molecule has 2 fully saturated rings. The third-order valence-corrected chi connectivity index (χ3v) is 6.74. The molecule has 0 amide bonds. The lowest BCUT2D eigenvalue weighted by Gasteiger charge is -2.40. The second-order valence-corrected chi connectivity index (χ2v) is 8.57. The van der Waals surface area contributed by atoms with Gasteiger partial charge < -0.3 is 19.8 Å². The molecule has 3 aromatic rings. The molecule has 2 atom stereocenters. The smallest absolute Gasteiger partial charge is 0.143 e. The lowest BCUT2D eigenvalue weighted by molar-refractivity contribution is 0.0264. The summed E-state index contributed by atoms with van der Waals surface area (Å²) in [6.07, 6.45) is 6.37. The van der Waals surface area contributed by atoms with Crippen molar-refractivity contribution in [3.63, 3.8) is 0 Å². The molecule has 0 radical (unpaired) electrons. The van der Waals surface area contributed by atoms with E-state index < -0.39 is 0 Å². The molecule has 6 nitrogen and oxygen atoms in total. The highest BCUT2D eigenvalue weighted by atomic mass is 16.5. The molecule has 1 saturated carbocycles. The number of fused-ring (bicyclic) bond motifs is 2. The number of nitrogens with zero attached hydrogens (tertiary/aromatic N) is 2. The van der Waals surface area contributed by atoms with E-state index in [4.69, 9.17) is 9.47 Å². The monoisotopic (exact) mass is 390 g/mol. The molecule has 150 valence electrons. The number of para-hydroxylation sites is 1. The van der Waals surface area contributed by atoms with E-state index in [2.05, 4.69) is 44.5 Å². The van der Waals surface area contributed by atoms with Crippen molar-refractivity contribution in [1.29, 1.82) is 0 Å². The van der Waals surface area contributed by atoms with Crippen molar-refractivity contribution < 1.29 is 9.47 Å². The maximum absolute atomic E-state index is 6.17. The van der Waals surface area contributed by atoms with E-state index in [0.29, 0.717) is 17.8 Å². The van der Waals surface area contributed by atoms with Crippen molar-refractivity contribution in [1.82, 2.24) is 15.0 Å². The number of hydrogen-bond acceptors (Lipinski definition) is 5. The van der Waals surface area contributed by atoms with E-state index in [1.807, 2.05) is 6.07 Å². The van der Waals surface area contributed by atoms with Crippen molar-refractivity contribution in [3.8, 4) is 5.75 Å². The molecule has 0 unspecified atom stereocenters. The summed E-state index contributed by atoms with van der Waals surface area (Å²) in [7, 11) is 0. The number of ether oxygens (including phenoxy) is 2. The predicted molar refractivity (Wildman–Crippen MR) is 111 cm³/mol. The quantitative estimate of drug-likeness (QED) is 0.690. The van der Waals surface area contributed by atoms with Crippen molar-refractivity contribution in [2.75, 3.05) is 25.1 Å². The number of aromatic amines is 1. The highest BCUT2D eigenvalue weighted by Crippen LogP contribution is 2.44. The number of anilines is 1. The van der Waals surface area contributed by atoms with Crippen LogP contribution in [0.5, 0.6) is 5.75 Å². The van der Waals surface area contributed by atoms with Crippen LogP contribution in [0.25, 0.3) is 11.0 Å². The van der Waals surface area contributed by atoms with Gasteiger partial charge in [-0.05, 0) is 49.7 Å². The number of nitrogens with one attached hydrogen (secondary N) is 2. The minimum absolute atomic E-state index is 0.167. The Hall–Kier alpha value is -2.60. The summed E-state index contributed by atoms with van der Waals surface area (Å²) < 4.78 is 11.8. The SMILES string of the molecule is c1ccc2c(c1)OC[C@H](C1CCOCC1)[C@@H]2Nc1ncnc2[nH]c(C3CC3)cc12. The Morgan fingerprint density at radius 1 is 1.03 bits per heavy atom. The highest BCUT2D eigenvalue weighted by Gasteiger charge is 2.37. The van der Waals surface area contributed by atoms with Gasteiger partial charge in [-0.25, -0.2) is 9.97 Å². The molecule has 1 aromatic carbocycles. The Balaban J connectivity index is 1.38. The predicted octanol–water partition coefficient (Wildman–Crippen LogP) is 4.42. The molecule has 0 spiro atoms.